The van der Waals surface area contributed by atoms with Crippen LogP contribution in [0.5, 0.6) is 0 Å². The molecule has 0 radical (unpaired) electrons. The van der Waals surface area contributed by atoms with E-state index in [2.05, 4.69) is 16.0 Å². The maximum atomic E-state index is 14.0. The number of carbonyl (C=O) groups excluding carboxylic acids is 5. The highest BCUT2D eigenvalue weighted by Crippen LogP contribution is 2.36. The van der Waals surface area contributed by atoms with Gasteiger partial charge in [0.05, 0.1) is 6.04 Å². The summed E-state index contributed by atoms with van der Waals surface area (Å²) in [4.78, 5) is 78.3. The number of amides is 5. The van der Waals surface area contributed by atoms with Gasteiger partial charge in [0.15, 0.2) is 0 Å². The number of carboxylic acids is 1. The molecule has 3 aliphatic rings. The number of carboxylic acid groups (broad SMARTS) is 1. The largest absolute Gasteiger partial charge is 0.480 e. The molecule has 2 aliphatic carbocycles. The van der Waals surface area contributed by atoms with E-state index in [0.29, 0.717) is 38.5 Å². The van der Waals surface area contributed by atoms with Crippen LogP contribution in [0.3, 0.4) is 0 Å². The Balaban J connectivity index is 1.83. The van der Waals surface area contributed by atoms with E-state index in [1.54, 1.807) is 20.8 Å². The highest BCUT2D eigenvalue weighted by molar-refractivity contribution is 6.37. The van der Waals surface area contributed by atoms with Crippen LogP contribution in [0.15, 0.2) is 0 Å². The summed E-state index contributed by atoms with van der Waals surface area (Å²) in [5, 5.41) is 17.8. The monoisotopic (exact) mass is 563 g/mol. The number of hydrogen-bond acceptors (Lipinski definition) is 6. The summed E-state index contributed by atoms with van der Waals surface area (Å²) in [5.74, 6) is -4.03. The van der Waals surface area contributed by atoms with Crippen LogP contribution in [-0.4, -0.2) is 75.7 Å². The van der Waals surface area contributed by atoms with Gasteiger partial charge in [-0.3, -0.25) is 19.2 Å². The molecule has 0 aromatic carbocycles. The molecule has 0 aromatic rings. The molecule has 4 atom stereocenters. The van der Waals surface area contributed by atoms with E-state index in [1.165, 1.54) is 4.90 Å². The number of Topliss-reactive ketones (excluding diaryl/α,β-unsaturated/α-hetero) is 1. The first-order chi connectivity index (χ1) is 18.6. The zero-order valence-electron chi connectivity index (χ0n) is 24.2. The SMILES string of the molecule is CC(C)[C@H]1CCN(C(=O)[C@@H](NC(=O)NC2(C(=O)O)CCCC2)C(C)(C)C)[C@@H]1C(=O)NC(CC1CC1)C(=O)C(N)=O. The molecule has 12 nitrogen and oxygen atoms in total. The highest BCUT2D eigenvalue weighted by atomic mass is 16.4. The number of aliphatic carboxylic acids is 1. The van der Waals surface area contributed by atoms with E-state index < -0.39 is 64.6 Å². The summed E-state index contributed by atoms with van der Waals surface area (Å²) in [6.07, 6.45) is 4.64. The number of primary amides is 1. The summed E-state index contributed by atoms with van der Waals surface area (Å²) >= 11 is 0. The zero-order chi connectivity index (χ0) is 30.0. The fourth-order valence-electron chi connectivity index (χ4n) is 6.01. The van der Waals surface area contributed by atoms with Gasteiger partial charge in [0, 0.05) is 6.54 Å². The Labute approximate surface area is 235 Å². The smallest absolute Gasteiger partial charge is 0.329 e. The van der Waals surface area contributed by atoms with Gasteiger partial charge in [0.25, 0.3) is 5.91 Å². The molecule has 40 heavy (non-hydrogen) atoms. The lowest BCUT2D eigenvalue weighted by atomic mass is 9.84. The minimum absolute atomic E-state index is 0.0319. The Morgan fingerprint density at radius 2 is 1.60 bits per heavy atom. The van der Waals surface area contributed by atoms with E-state index in [9.17, 15) is 33.9 Å². The lowest BCUT2D eigenvalue weighted by Crippen LogP contribution is -2.63. The third kappa shape index (κ3) is 7.11. The molecule has 12 heteroatoms. The highest BCUT2D eigenvalue weighted by Gasteiger charge is 2.49. The molecule has 224 valence electrons. The van der Waals surface area contributed by atoms with Crippen molar-refractivity contribution in [3.8, 4) is 0 Å². The van der Waals surface area contributed by atoms with Gasteiger partial charge in [0.2, 0.25) is 17.6 Å². The number of nitrogens with one attached hydrogen (secondary N) is 3. The van der Waals surface area contributed by atoms with Gasteiger partial charge >= 0.3 is 12.0 Å². The molecule has 1 unspecified atom stereocenters. The van der Waals surface area contributed by atoms with Crippen molar-refractivity contribution in [1.29, 1.82) is 0 Å². The lowest BCUT2D eigenvalue weighted by molar-refractivity contribution is -0.144. The van der Waals surface area contributed by atoms with Gasteiger partial charge in [-0.2, -0.15) is 0 Å². The van der Waals surface area contributed by atoms with Crippen molar-refractivity contribution in [3.05, 3.63) is 0 Å². The first-order valence-electron chi connectivity index (χ1n) is 14.3. The van der Waals surface area contributed by atoms with Crippen molar-refractivity contribution in [2.75, 3.05) is 6.54 Å². The minimum atomic E-state index is -1.38. The Bertz CT molecular complexity index is 1030. The second-order valence-electron chi connectivity index (χ2n) is 13.1. The normalized spacial score (nSPS) is 23.8. The van der Waals surface area contributed by atoms with E-state index in [-0.39, 0.29) is 24.3 Å². The zero-order valence-corrected chi connectivity index (χ0v) is 24.2. The van der Waals surface area contributed by atoms with Crippen molar-refractivity contribution in [1.82, 2.24) is 20.9 Å². The molecule has 0 aromatic heterocycles. The average molecular weight is 564 g/mol. The van der Waals surface area contributed by atoms with Crippen LogP contribution < -0.4 is 21.7 Å². The van der Waals surface area contributed by atoms with Crippen molar-refractivity contribution < 1.29 is 33.9 Å². The molecule has 3 fully saturated rings. The molecular weight excluding hydrogens is 518 g/mol. The van der Waals surface area contributed by atoms with Gasteiger partial charge in [-0.15, -0.1) is 0 Å². The molecule has 0 spiro atoms. The molecule has 1 aliphatic heterocycles. The first-order valence-corrected chi connectivity index (χ1v) is 14.3. The number of urea groups is 1. The van der Waals surface area contributed by atoms with Crippen LogP contribution in [0.1, 0.15) is 86.0 Å². The van der Waals surface area contributed by atoms with Crippen LogP contribution in [-0.2, 0) is 24.0 Å². The Kier molecular flexibility index (Phi) is 9.51. The number of carbonyl (C=O) groups is 6. The molecule has 5 amide bonds. The predicted molar refractivity (Wildman–Crippen MR) is 146 cm³/mol. The molecule has 1 saturated heterocycles. The first kappa shape index (κ1) is 31.3. The molecular formula is C28H45N5O7. The minimum Gasteiger partial charge on any atom is -0.480 e. The van der Waals surface area contributed by atoms with Gasteiger partial charge in [-0.05, 0) is 48.9 Å². The maximum absolute atomic E-state index is 14.0. The van der Waals surface area contributed by atoms with E-state index in [0.717, 1.165) is 12.8 Å². The summed E-state index contributed by atoms with van der Waals surface area (Å²) in [7, 11) is 0. The molecule has 6 N–H and O–H groups in total. The van der Waals surface area contributed by atoms with Crippen molar-refractivity contribution in [2.24, 2.45) is 28.9 Å². The number of hydrogen-bond donors (Lipinski definition) is 5. The third-order valence-electron chi connectivity index (χ3n) is 8.60. The third-order valence-corrected chi connectivity index (χ3v) is 8.60. The standard InChI is InChI=1S/C28H45N5O7/c1-15(2)17-10-13-33(19(17)23(36)30-18(14-16-8-9-16)20(34)22(29)35)24(37)21(27(3,4)5)31-26(40)32-28(25(38)39)11-6-7-12-28/h15-19,21H,6-14H2,1-5H3,(H2,29,35)(H,30,36)(H,38,39)(H2,31,32,40)/t17-,18?,19+,21-/m1/s1. The summed E-state index contributed by atoms with van der Waals surface area (Å²) < 4.78 is 0. The molecule has 3 rings (SSSR count). The number of nitrogens with zero attached hydrogens (tertiary/aromatic N) is 1. The summed E-state index contributed by atoms with van der Waals surface area (Å²) in [6.45, 7) is 9.51. The van der Waals surface area contributed by atoms with Crippen LogP contribution in [0.25, 0.3) is 0 Å². The molecule has 0 bridgehead atoms. The second-order valence-corrected chi connectivity index (χ2v) is 13.1. The molecule has 1 heterocycles. The van der Waals surface area contributed by atoms with Crippen molar-refractivity contribution in [3.63, 3.8) is 0 Å². The van der Waals surface area contributed by atoms with Crippen LogP contribution in [0.2, 0.25) is 0 Å². The van der Waals surface area contributed by atoms with Crippen LogP contribution in [0, 0.1) is 23.2 Å². The quantitative estimate of drug-likeness (QED) is 0.234. The van der Waals surface area contributed by atoms with Gasteiger partial charge in [-0.25, -0.2) is 9.59 Å². The number of ketones is 1. The number of likely N-dealkylation sites (tertiary alicyclic amines) is 1. The maximum Gasteiger partial charge on any atom is 0.329 e. The fraction of sp³-hybridized carbons (Fsp3) is 0.786. The number of nitrogens with two attached hydrogens (primary N) is 1. The van der Waals surface area contributed by atoms with Crippen LogP contribution >= 0.6 is 0 Å². The van der Waals surface area contributed by atoms with Crippen molar-refractivity contribution >= 4 is 35.5 Å². The number of rotatable bonds is 11. The summed E-state index contributed by atoms with van der Waals surface area (Å²) in [5.41, 5.74) is 3.10. The van der Waals surface area contributed by atoms with E-state index in [4.69, 9.17) is 5.73 Å². The topological polar surface area (TPSA) is 188 Å². The Morgan fingerprint density at radius 3 is 2.08 bits per heavy atom. The predicted octanol–water partition coefficient (Wildman–Crippen LogP) is 1.31. The Morgan fingerprint density at radius 1 is 1.00 bits per heavy atom. The van der Waals surface area contributed by atoms with E-state index >= 15 is 0 Å². The van der Waals surface area contributed by atoms with Gasteiger partial charge in [-0.1, -0.05) is 60.3 Å². The van der Waals surface area contributed by atoms with Crippen LogP contribution in [0.4, 0.5) is 4.79 Å². The fourth-order valence-corrected chi connectivity index (χ4v) is 6.01. The second kappa shape index (κ2) is 12.1. The van der Waals surface area contributed by atoms with Gasteiger partial charge < -0.3 is 31.7 Å². The lowest BCUT2D eigenvalue weighted by Gasteiger charge is -2.37. The Hall–Kier alpha value is -3.18. The average Bonchev–Trinajstić information content (AvgIpc) is 3.35. The molecule has 2 saturated carbocycles. The van der Waals surface area contributed by atoms with Crippen molar-refractivity contribution in [2.45, 2.75) is 110 Å². The summed E-state index contributed by atoms with van der Waals surface area (Å²) in [6, 6.07) is -3.78. The van der Waals surface area contributed by atoms with Gasteiger partial charge in [0.1, 0.15) is 17.6 Å². The van der Waals surface area contributed by atoms with E-state index in [1.807, 2.05) is 13.8 Å².